The third-order valence-corrected chi connectivity index (χ3v) is 3.16. The van der Waals surface area contributed by atoms with Gasteiger partial charge in [0.05, 0.1) is 5.56 Å². The van der Waals surface area contributed by atoms with E-state index in [9.17, 15) is 13.2 Å². The van der Waals surface area contributed by atoms with E-state index < -0.39 is 11.7 Å². The van der Waals surface area contributed by atoms with E-state index in [1.54, 1.807) is 0 Å². The lowest BCUT2D eigenvalue weighted by molar-refractivity contribution is -0.137. The smallest absolute Gasteiger partial charge is 0.416 e. The normalized spacial score (nSPS) is 11.6. The minimum Gasteiger partial charge on any atom is -0.430 e. The van der Waals surface area contributed by atoms with E-state index in [4.69, 9.17) is 4.74 Å². The fourth-order valence-electron chi connectivity index (χ4n) is 1.40. The Morgan fingerprint density at radius 2 is 1.90 bits per heavy atom. The van der Waals surface area contributed by atoms with Gasteiger partial charge in [-0.3, -0.25) is 0 Å². The van der Waals surface area contributed by atoms with Gasteiger partial charge in [0, 0.05) is 6.54 Å². The van der Waals surface area contributed by atoms with Gasteiger partial charge in [-0.05, 0) is 30.8 Å². The van der Waals surface area contributed by atoms with Crippen LogP contribution in [-0.2, 0) is 12.7 Å². The molecule has 20 heavy (non-hydrogen) atoms. The Kier molecular flexibility index (Phi) is 4.56. The Morgan fingerprint density at radius 3 is 2.50 bits per heavy atom. The molecule has 0 saturated heterocycles. The van der Waals surface area contributed by atoms with Crippen LogP contribution >= 0.6 is 11.3 Å². The van der Waals surface area contributed by atoms with Gasteiger partial charge in [0.2, 0.25) is 0 Å². The molecular weight excluding hydrogens is 291 g/mol. The molecule has 8 heteroatoms. The minimum absolute atomic E-state index is 0.296. The predicted molar refractivity (Wildman–Crippen MR) is 68.8 cm³/mol. The Morgan fingerprint density at radius 1 is 1.20 bits per heavy atom. The standard InChI is InChI=1S/C12H12F3N3OS/c1-2-16-7-10-17-18-11(20-10)19-9-5-3-8(4-6-9)12(13,14)15/h3-6,16H,2,7H2,1H3. The van der Waals surface area contributed by atoms with E-state index in [1.807, 2.05) is 6.92 Å². The van der Waals surface area contributed by atoms with Gasteiger partial charge < -0.3 is 10.1 Å². The molecule has 0 spiro atoms. The summed E-state index contributed by atoms with van der Waals surface area (Å²) in [5.41, 5.74) is -0.713. The molecule has 2 aromatic rings. The van der Waals surface area contributed by atoms with Gasteiger partial charge in [0.15, 0.2) is 0 Å². The van der Waals surface area contributed by atoms with E-state index >= 15 is 0 Å². The number of rotatable bonds is 5. The van der Waals surface area contributed by atoms with Crippen molar-refractivity contribution in [3.05, 3.63) is 34.8 Å². The molecule has 108 valence electrons. The molecule has 4 nitrogen and oxygen atoms in total. The maximum absolute atomic E-state index is 12.4. The van der Waals surface area contributed by atoms with Crippen LogP contribution in [0.3, 0.4) is 0 Å². The first-order chi connectivity index (χ1) is 9.49. The van der Waals surface area contributed by atoms with Crippen molar-refractivity contribution in [2.75, 3.05) is 6.54 Å². The van der Waals surface area contributed by atoms with Crippen LogP contribution in [0.1, 0.15) is 17.5 Å². The van der Waals surface area contributed by atoms with Gasteiger partial charge in [-0.1, -0.05) is 23.4 Å². The highest BCUT2D eigenvalue weighted by Crippen LogP contribution is 2.31. The van der Waals surface area contributed by atoms with E-state index in [2.05, 4.69) is 15.5 Å². The van der Waals surface area contributed by atoms with Crippen molar-refractivity contribution in [2.24, 2.45) is 0 Å². The van der Waals surface area contributed by atoms with E-state index in [-0.39, 0.29) is 0 Å². The van der Waals surface area contributed by atoms with Gasteiger partial charge in [0.25, 0.3) is 5.19 Å². The minimum atomic E-state index is -4.35. The molecule has 0 unspecified atom stereocenters. The van der Waals surface area contributed by atoms with Gasteiger partial charge in [0.1, 0.15) is 10.8 Å². The SMILES string of the molecule is CCNCc1nnc(Oc2ccc(C(F)(F)F)cc2)s1. The first kappa shape index (κ1) is 14.7. The number of alkyl halides is 3. The van der Waals surface area contributed by atoms with Crippen LogP contribution in [0.5, 0.6) is 10.9 Å². The Labute approximate surface area is 117 Å². The molecular formula is C12H12F3N3OS. The molecule has 1 aromatic carbocycles. The van der Waals surface area contributed by atoms with Crippen molar-refractivity contribution in [2.45, 2.75) is 19.6 Å². The van der Waals surface area contributed by atoms with Gasteiger partial charge in [-0.15, -0.1) is 5.10 Å². The summed E-state index contributed by atoms with van der Waals surface area (Å²) in [5, 5.41) is 11.9. The number of hydrogen-bond donors (Lipinski definition) is 1. The first-order valence-electron chi connectivity index (χ1n) is 5.87. The van der Waals surface area contributed by atoms with Gasteiger partial charge >= 0.3 is 6.18 Å². The van der Waals surface area contributed by atoms with E-state index in [0.717, 1.165) is 23.7 Å². The topological polar surface area (TPSA) is 47.0 Å². The van der Waals surface area contributed by atoms with Crippen molar-refractivity contribution >= 4 is 11.3 Å². The average Bonchev–Trinajstić information content (AvgIpc) is 2.83. The summed E-state index contributed by atoms with van der Waals surface area (Å²) in [7, 11) is 0. The third-order valence-electron chi connectivity index (χ3n) is 2.36. The summed E-state index contributed by atoms with van der Waals surface area (Å²) in [6, 6.07) is 4.45. The summed E-state index contributed by atoms with van der Waals surface area (Å²) < 4.78 is 42.6. The van der Waals surface area contributed by atoms with Crippen molar-refractivity contribution in [1.82, 2.24) is 15.5 Å². The monoisotopic (exact) mass is 303 g/mol. The van der Waals surface area contributed by atoms with Crippen LogP contribution in [0.15, 0.2) is 24.3 Å². The number of ether oxygens (including phenoxy) is 1. The lowest BCUT2D eigenvalue weighted by Gasteiger charge is -2.07. The molecule has 2 rings (SSSR count). The molecule has 0 radical (unpaired) electrons. The van der Waals surface area contributed by atoms with Crippen molar-refractivity contribution < 1.29 is 17.9 Å². The predicted octanol–water partition coefficient (Wildman–Crippen LogP) is 3.46. The first-order valence-corrected chi connectivity index (χ1v) is 6.69. The molecule has 0 saturated carbocycles. The lowest BCUT2D eigenvalue weighted by Crippen LogP contribution is -2.11. The van der Waals surface area contributed by atoms with E-state index in [0.29, 0.717) is 17.5 Å². The molecule has 0 atom stereocenters. The van der Waals surface area contributed by atoms with E-state index in [1.165, 1.54) is 23.5 Å². The summed E-state index contributed by atoms with van der Waals surface area (Å²) in [5.74, 6) is 0.296. The zero-order chi connectivity index (χ0) is 14.6. The molecule has 0 bridgehead atoms. The molecule has 1 aromatic heterocycles. The van der Waals surface area contributed by atoms with Crippen molar-refractivity contribution in [3.8, 4) is 10.9 Å². The number of nitrogens with zero attached hydrogens (tertiary/aromatic N) is 2. The van der Waals surface area contributed by atoms with Crippen molar-refractivity contribution in [3.63, 3.8) is 0 Å². The second-order valence-electron chi connectivity index (χ2n) is 3.87. The number of hydrogen-bond acceptors (Lipinski definition) is 5. The molecule has 0 aliphatic rings. The fourth-order valence-corrected chi connectivity index (χ4v) is 2.07. The molecule has 0 aliphatic carbocycles. The quantitative estimate of drug-likeness (QED) is 0.919. The largest absolute Gasteiger partial charge is 0.430 e. The second-order valence-corrected chi connectivity index (χ2v) is 4.89. The number of aromatic nitrogens is 2. The van der Waals surface area contributed by atoms with Gasteiger partial charge in [-0.2, -0.15) is 13.2 Å². The molecule has 0 fully saturated rings. The molecule has 1 heterocycles. The van der Waals surface area contributed by atoms with Crippen LogP contribution in [0.4, 0.5) is 13.2 Å². The zero-order valence-corrected chi connectivity index (χ0v) is 11.4. The highest BCUT2D eigenvalue weighted by Gasteiger charge is 2.30. The third kappa shape index (κ3) is 3.91. The number of halogens is 3. The molecule has 1 N–H and O–H groups in total. The highest BCUT2D eigenvalue weighted by molar-refractivity contribution is 7.13. The van der Waals surface area contributed by atoms with Crippen LogP contribution in [0.2, 0.25) is 0 Å². The fraction of sp³-hybridized carbons (Fsp3) is 0.333. The second kappa shape index (κ2) is 6.19. The highest BCUT2D eigenvalue weighted by atomic mass is 32.1. The number of nitrogens with one attached hydrogen (secondary N) is 1. The lowest BCUT2D eigenvalue weighted by atomic mass is 10.2. The van der Waals surface area contributed by atoms with Crippen LogP contribution in [0.25, 0.3) is 0 Å². The molecule has 0 aliphatic heterocycles. The summed E-state index contributed by atoms with van der Waals surface area (Å²) >= 11 is 1.25. The Hall–Kier alpha value is -1.67. The summed E-state index contributed by atoms with van der Waals surface area (Å²) in [4.78, 5) is 0. The van der Waals surface area contributed by atoms with Crippen molar-refractivity contribution in [1.29, 1.82) is 0 Å². The zero-order valence-electron chi connectivity index (χ0n) is 10.6. The van der Waals surface area contributed by atoms with Crippen LogP contribution < -0.4 is 10.1 Å². The van der Waals surface area contributed by atoms with Crippen LogP contribution in [-0.4, -0.2) is 16.7 Å². The molecule has 0 amide bonds. The maximum atomic E-state index is 12.4. The van der Waals surface area contributed by atoms with Gasteiger partial charge in [-0.25, -0.2) is 0 Å². The Bertz CT molecular complexity index is 554. The number of benzene rings is 1. The Balaban J connectivity index is 2.01. The maximum Gasteiger partial charge on any atom is 0.416 e. The average molecular weight is 303 g/mol. The summed E-state index contributed by atoms with van der Waals surface area (Å²) in [6.07, 6.45) is -4.35. The summed E-state index contributed by atoms with van der Waals surface area (Å²) in [6.45, 7) is 3.37. The van der Waals surface area contributed by atoms with Crippen LogP contribution in [0, 0.1) is 0 Å².